The fourth-order valence-electron chi connectivity index (χ4n) is 3.04. The van der Waals surface area contributed by atoms with Crippen molar-refractivity contribution in [1.82, 2.24) is 4.98 Å². The maximum atomic E-state index is 12.4. The van der Waals surface area contributed by atoms with Crippen LogP contribution in [0.15, 0.2) is 92.0 Å². The lowest BCUT2D eigenvalue weighted by molar-refractivity contribution is 0.405. The first kappa shape index (κ1) is 20.7. The van der Waals surface area contributed by atoms with Crippen LogP contribution in [0.2, 0.25) is 0 Å². The molecule has 0 amide bonds. The fourth-order valence-corrected chi connectivity index (χ4v) is 3.04. The normalized spacial score (nSPS) is 11.4. The molecule has 1 aromatic heterocycles. The number of nitrogens with zero attached hydrogens (tertiary/aromatic N) is 4. The molecule has 0 atom stereocenters. The molecule has 0 saturated carbocycles. The first-order valence-electron chi connectivity index (χ1n) is 9.59. The maximum Gasteiger partial charge on any atom is 0.280 e. The highest BCUT2D eigenvalue weighted by Gasteiger charge is 2.14. The summed E-state index contributed by atoms with van der Waals surface area (Å²) in [5.74, 6) is 0.469. The number of methoxy groups -OCH3 is 2. The second kappa shape index (κ2) is 9.09. The lowest BCUT2D eigenvalue weighted by Gasteiger charge is -2.09. The van der Waals surface area contributed by atoms with Gasteiger partial charge in [-0.15, -0.1) is 15.3 Å². The summed E-state index contributed by atoms with van der Waals surface area (Å²) < 4.78 is 10.8. The number of ether oxygens (including phenoxy) is 2. The molecule has 0 bridgehead atoms. The van der Waals surface area contributed by atoms with Crippen molar-refractivity contribution in [1.29, 1.82) is 0 Å². The van der Waals surface area contributed by atoms with E-state index in [0.717, 1.165) is 0 Å². The number of aromatic hydroxyl groups is 1. The molecule has 4 aromatic rings. The Balaban J connectivity index is 1.73. The predicted molar refractivity (Wildman–Crippen MR) is 121 cm³/mol. The summed E-state index contributed by atoms with van der Waals surface area (Å²) >= 11 is 0. The summed E-state index contributed by atoms with van der Waals surface area (Å²) in [6.07, 6.45) is 0. The molecule has 9 heteroatoms. The van der Waals surface area contributed by atoms with E-state index < -0.39 is 5.56 Å². The van der Waals surface area contributed by atoms with Gasteiger partial charge in [0.25, 0.3) is 5.56 Å². The number of aromatic nitrogens is 1. The molecule has 0 aliphatic rings. The van der Waals surface area contributed by atoms with Gasteiger partial charge < -0.3 is 19.6 Å². The molecule has 3 aromatic carbocycles. The molecule has 0 fully saturated rings. The van der Waals surface area contributed by atoms with Crippen molar-refractivity contribution in [3.8, 4) is 17.2 Å². The fraction of sp³-hybridized carbons (Fsp3) is 0.0870. The monoisotopic (exact) mass is 429 g/mol. The molecule has 160 valence electrons. The van der Waals surface area contributed by atoms with Crippen LogP contribution in [0.5, 0.6) is 17.2 Å². The van der Waals surface area contributed by atoms with Gasteiger partial charge in [0.05, 0.1) is 25.4 Å². The number of hydrogen-bond acceptors (Lipinski definition) is 8. The molecule has 0 saturated heterocycles. The second-order valence-corrected chi connectivity index (χ2v) is 6.63. The molecule has 0 radical (unpaired) electrons. The predicted octanol–water partition coefficient (Wildman–Crippen LogP) is 6.08. The average molecular weight is 429 g/mol. The van der Waals surface area contributed by atoms with Gasteiger partial charge in [0.15, 0.2) is 11.4 Å². The van der Waals surface area contributed by atoms with Gasteiger partial charge in [0.2, 0.25) is 0 Å². The number of rotatable bonds is 6. The average Bonchev–Trinajstić information content (AvgIpc) is 2.83. The largest absolute Gasteiger partial charge is 0.505 e. The molecular weight excluding hydrogens is 410 g/mol. The van der Waals surface area contributed by atoms with Gasteiger partial charge in [-0.05, 0) is 24.3 Å². The van der Waals surface area contributed by atoms with Crippen molar-refractivity contribution >= 4 is 33.7 Å². The first-order chi connectivity index (χ1) is 15.6. The Kier molecular flexibility index (Phi) is 5.89. The Bertz CT molecular complexity index is 1380. The molecule has 32 heavy (non-hydrogen) atoms. The summed E-state index contributed by atoms with van der Waals surface area (Å²) in [4.78, 5) is 15.0. The number of nitrogens with one attached hydrogen (secondary N) is 1. The van der Waals surface area contributed by atoms with Gasteiger partial charge >= 0.3 is 0 Å². The third-order valence-corrected chi connectivity index (χ3v) is 4.64. The van der Waals surface area contributed by atoms with Gasteiger partial charge in [-0.1, -0.05) is 30.3 Å². The van der Waals surface area contributed by atoms with Crippen molar-refractivity contribution in [2.45, 2.75) is 0 Å². The van der Waals surface area contributed by atoms with E-state index in [1.165, 1.54) is 14.2 Å². The lowest BCUT2D eigenvalue weighted by atomic mass is 10.2. The molecule has 2 N–H and O–H groups in total. The van der Waals surface area contributed by atoms with Gasteiger partial charge in [-0.2, -0.15) is 5.11 Å². The van der Waals surface area contributed by atoms with Gasteiger partial charge in [0.1, 0.15) is 22.9 Å². The van der Waals surface area contributed by atoms with Crippen LogP contribution in [0.4, 0.5) is 22.7 Å². The highest BCUT2D eigenvalue weighted by molar-refractivity contribution is 5.88. The van der Waals surface area contributed by atoms with Gasteiger partial charge in [-0.25, -0.2) is 0 Å². The van der Waals surface area contributed by atoms with E-state index in [1.807, 2.05) is 30.3 Å². The van der Waals surface area contributed by atoms with Crippen LogP contribution in [0.1, 0.15) is 0 Å². The second-order valence-electron chi connectivity index (χ2n) is 6.63. The van der Waals surface area contributed by atoms with E-state index in [4.69, 9.17) is 9.47 Å². The minimum Gasteiger partial charge on any atom is -0.505 e. The van der Waals surface area contributed by atoms with Crippen molar-refractivity contribution in [2.75, 3.05) is 14.2 Å². The number of azo groups is 2. The summed E-state index contributed by atoms with van der Waals surface area (Å²) in [6, 6.07) is 19.3. The van der Waals surface area contributed by atoms with Crippen LogP contribution in [-0.4, -0.2) is 24.3 Å². The zero-order valence-corrected chi connectivity index (χ0v) is 17.3. The Morgan fingerprint density at radius 2 is 1.38 bits per heavy atom. The zero-order valence-electron chi connectivity index (χ0n) is 17.3. The number of benzene rings is 3. The molecule has 9 nitrogen and oxygen atoms in total. The van der Waals surface area contributed by atoms with E-state index in [-0.39, 0.29) is 17.1 Å². The summed E-state index contributed by atoms with van der Waals surface area (Å²) in [5.41, 5.74) is 1.12. The Labute approximate surface area is 182 Å². The van der Waals surface area contributed by atoms with Crippen LogP contribution in [0.25, 0.3) is 10.9 Å². The smallest absolute Gasteiger partial charge is 0.280 e. The standard InChI is InChI=1S/C23H19N5O4/c1-31-19-13-18(20(32-2)12-17(19)26-25-14-8-4-3-5-9-14)27-28-21-22(29)15-10-6-7-11-16(15)24-23(21)30/h3-13H,1-2H3,(H2,24,29,30). The Morgan fingerprint density at radius 3 is 2.03 bits per heavy atom. The highest BCUT2D eigenvalue weighted by Crippen LogP contribution is 2.41. The maximum absolute atomic E-state index is 12.4. The SMILES string of the molecule is COc1cc(N=Nc2c(O)c3ccccc3[nH]c2=O)c(OC)cc1N=Nc1ccccc1. The lowest BCUT2D eigenvalue weighted by Crippen LogP contribution is -2.04. The van der Waals surface area contributed by atoms with Crippen LogP contribution in [0, 0.1) is 0 Å². The Morgan fingerprint density at radius 1 is 0.781 bits per heavy atom. The van der Waals surface area contributed by atoms with Crippen molar-refractivity contribution in [3.63, 3.8) is 0 Å². The summed E-state index contributed by atoms with van der Waals surface area (Å²) in [6.45, 7) is 0. The van der Waals surface area contributed by atoms with E-state index in [2.05, 4.69) is 25.4 Å². The molecule has 0 aliphatic carbocycles. The molecule has 0 unspecified atom stereocenters. The third kappa shape index (κ3) is 4.17. The van der Waals surface area contributed by atoms with Crippen LogP contribution >= 0.6 is 0 Å². The number of aromatic amines is 1. The van der Waals surface area contributed by atoms with Gasteiger partial charge in [-0.3, -0.25) is 4.79 Å². The number of fused-ring (bicyclic) bond motifs is 1. The van der Waals surface area contributed by atoms with E-state index in [0.29, 0.717) is 33.8 Å². The van der Waals surface area contributed by atoms with E-state index in [9.17, 15) is 9.90 Å². The number of hydrogen-bond donors (Lipinski definition) is 2. The minimum atomic E-state index is -0.566. The molecule has 0 spiro atoms. The van der Waals surface area contributed by atoms with E-state index in [1.54, 1.807) is 36.4 Å². The van der Waals surface area contributed by atoms with Crippen LogP contribution in [0.3, 0.4) is 0 Å². The van der Waals surface area contributed by atoms with Crippen molar-refractivity contribution < 1.29 is 14.6 Å². The molecule has 1 heterocycles. The highest BCUT2D eigenvalue weighted by atomic mass is 16.5. The minimum absolute atomic E-state index is 0.211. The van der Waals surface area contributed by atoms with Crippen LogP contribution < -0.4 is 15.0 Å². The number of H-pyrrole nitrogens is 1. The number of para-hydroxylation sites is 1. The van der Waals surface area contributed by atoms with E-state index >= 15 is 0 Å². The summed E-state index contributed by atoms with van der Waals surface area (Å²) in [7, 11) is 2.96. The molecule has 4 rings (SSSR count). The topological polar surface area (TPSA) is 121 Å². The van der Waals surface area contributed by atoms with Crippen LogP contribution in [-0.2, 0) is 0 Å². The number of pyridine rings is 1. The zero-order chi connectivity index (χ0) is 22.5. The Hall–Kier alpha value is -4.53. The van der Waals surface area contributed by atoms with Crippen molar-refractivity contribution in [3.05, 3.63) is 77.1 Å². The quantitative estimate of drug-likeness (QED) is 0.361. The summed E-state index contributed by atoms with van der Waals surface area (Å²) in [5, 5.41) is 27.5. The molecular formula is C23H19N5O4. The first-order valence-corrected chi connectivity index (χ1v) is 9.59. The van der Waals surface area contributed by atoms with Crippen molar-refractivity contribution in [2.24, 2.45) is 20.5 Å². The molecule has 0 aliphatic heterocycles. The third-order valence-electron chi connectivity index (χ3n) is 4.64. The van der Waals surface area contributed by atoms with Gasteiger partial charge in [0, 0.05) is 17.5 Å².